The summed E-state index contributed by atoms with van der Waals surface area (Å²) in [6.07, 6.45) is 3.56. The third-order valence-corrected chi connectivity index (χ3v) is 4.86. The van der Waals surface area contributed by atoms with Gasteiger partial charge in [-0.25, -0.2) is 0 Å². The number of anilines is 1. The van der Waals surface area contributed by atoms with Crippen LogP contribution in [0.2, 0.25) is 5.02 Å². The first-order valence-electron chi connectivity index (χ1n) is 7.75. The summed E-state index contributed by atoms with van der Waals surface area (Å²) in [5.41, 5.74) is 1.81. The van der Waals surface area contributed by atoms with Gasteiger partial charge in [0.1, 0.15) is 0 Å². The largest absolute Gasteiger partial charge is 0.325 e. The van der Waals surface area contributed by atoms with Crippen LogP contribution < -0.4 is 10.6 Å². The Morgan fingerprint density at radius 2 is 2.05 bits per heavy atom. The number of rotatable bonds is 4. The van der Waals surface area contributed by atoms with Gasteiger partial charge in [0.05, 0.1) is 6.54 Å². The molecule has 116 valence electrons. The Balaban J connectivity index is 1.81. The van der Waals surface area contributed by atoms with E-state index in [1.807, 2.05) is 19.1 Å². The lowest BCUT2D eigenvalue weighted by atomic mass is 9.79. The Hall–Kier alpha value is -1.06. The monoisotopic (exact) mass is 308 g/mol. The second-order valence-electron chi connectivity index (χ2n) is 6.35. The number of hydrogen-bond acceptors (Lipinski definition) is 2. The third-order valence-electron chi connectivity index (χ3n) is 4.62. The van der Waals surface area contributed by atoms with Crippen LogP contribution in [0, 0.1) is 18.8 Å². The Bertz CT molecular complexity index is 504. The van der Waals surface area contributed by atoms with Crippen LogP contribution in [0.1, 0.15) is 38.7 Å². The number of carbonyl (C=O) groups excluding carboxylic acids is 1. The van der Waals surface area contributed by atoms with Gasteiger partial charge in [0, 0.05) is 16.8 Å². The average molecular weight is 309 g/mol. The van der Waals surface area contributed by atoms with Crippen molar-refractivity contribution in [2.75, 3.05) is 11.9 Å². The van der Waals surface area contributed by atoms with E-state index in [0.29, 0.717) is 17.6 Å². The first kappa shape index (κ1) is 16.3. The molecule has 0 heterocycles. The normalized spacial score (nSPS) is 25.6. The number of benzene rings is 1. The van der Waals surface area contributed by atoms with Crippen molar-refractivity contribution in [2.24, 2.45) is 11.8 Å². The molecule has 2 rings (SSSR count). The molecule has 1 amide bonds. The van der Waals surface area contributed by atoms with Gasteiger partial charge in [0.25, 0.3) is 0 Å². The molecule has 4 heteroatoms. The molecule has 2 N–H and O–H groups in total. The zero-order valence-electron chi connectivity index (χ0n) is 13.1. The standard InChI is InChI=1S/C17H25ClN2O/c1-11-5-7-15(8-13(11)3)19-10-17(21)20-16-9-14(18)6-4-12(16)2/h4,6,9,11,13,15,19H,5,7-8,10H2,1-3H3,(H,20,21). The molecule has 1 aromatic carbocycles. The van der Waals surface area contributed by atoms with Gasteiger partial charge in [-0.2, -0.15) is 0 Å². The van der Waals surface area contributed by atoms with Crippen molar-refractivity contribution in [3.8, 4) is 0 Å². The second-order valence-corrected chi connectivity index (χ2v) is 6.79. The van der Waals surface area contributed by atoms with Crippen molar-refractivity contribution in [1.29, 1.82) is 0 Å². The van der Waals surface area contributed by atoms with Crippen molar-refractivity contribution < 1.29 is 4.79 Å². The van der Waals surface area contributed by atoms with Crippen molar-refractivity contribution in [1.82, 2.24) is 5.32 Å². The highest BCUT2D eigenvalue weighted by molar-refractivity contribution is 6.31. The molecule has 3 atom stereocenters. The molecule has 1 aromatic rings. The van der Waals surface area contributed by atoms with Crippen LogP contribution in [-0.2, 0) is 4.79 Å². The fourth-order valence-electron chi connectivity index (χ4n) is 2.89. The predicted octanol–water partition coefficient (Wildman–Crippen LogP) is 4.00. The maximum absolute atomic E-state index is 12.0. The van der Waals surface area contributed by atoms with Crippen LogP contribution >= 0.6 is 11.6 Å². The predicted molar refractivity (Wildman–Crippen MR) is 88.8 cm³/mol. The minimum atomic E-state index is -0.00774. The fraction of sp³-hybridized carbons (Fsp3) is 0.588. The van der Waals surface area contributed by atoms with Crippen LogP contribution in [0.15, 0.2) is 18.2 Å². The van der Waals surface area contributed by atoms with E-state index in [1.54, 1.807) is 6.07 Å². The SMILES string of the molecule is Cc1ccc(Cl)cc1NC(=O)CNC1CCC(C)C(C)C1. The molecule has 1 saturated carbocycles. The minimum Gasteiger partial charge on any atom is -0.325 e. The first-order valence-corrected chi connectivity index (χ1v) is 8.13. The van der Waals surface area contributed by atoms with Crippen molar-refractivity contribution in [3.63, 3.8) is 0 Å². The molecule has 0 radical (unpaired) electrons. The molecule has 3 unspecified atom stereocenters. The van der Waals surface area contributed by atoms with Gasteiger partial charge in [-0.3, -0.25) is 4.79 Å². The van der Waals surface area contributed by atoms with Gasteiger partial charge in [0.15, 0.2) is 0 Å². The molecular weight excluding hydrogens is 284 g/mol. The Morgan fingerprint density at radius 3 is 2.76 bits per heavy atom. The molecule has 3 nitrogen and oxygen atoms in total. The second kappa shape index (κ2) is 7.28. The van der Waals surface area contributed by atoms with Gasteiger partial charge in [0.2, 0.25) is 5.91 Å². The van der Waals surface area contributed by atoms with E-state index in [0.717, 1.165) is 35.9 Å². The van der Waals surface area contributed by atoms with Crippen molar-refractivity contribution in [3.05, 3.63) is 28.8 Å². The highest BCUT2D eigenvalue weighted by Gasteiger charge is 2.24. The average Bonchev–Trinajstić information content (AvgIpc) is 2.44. The smallest absolute Gasteiger partial charge is 0.238 e. The summed E-state index contributed by atoms with van der Waals surface area (Å²) < 4.78 is 0. The van der Waals surface area contributed by atoms with E-state index in [-0.39, 0.29) is 5.91 Å². The summed E-state index contributed by atoms with van der Waals surface area (Å²) in [6.45, 7) is 6.94. The number of carbonyl (C=O) groups is 1. The molecule has 0 bridgehead atoms. The number of nitrogens with one attached hydrogen (secondary N) is 2. The summed E-state index contributed by atoms with van der Waals surface area (Å²) in [4.78, 5) is 12.0. The molecule has 0 aromatic heterocycles. The summed E-state index contributed by atoms with van der Waals surface area (Å²) in [5.74, 6) is 1.52. The molecule has 0 spiro atoms. The molecule has 1 fully saturated rings. The van der Waals surface area contributed by atoms with Crippen LogP contribution in [-0.4, -0.2) is 18.5 Å². The van der Waals surface area contributed by atoms with E-state index in [9.17, 15) is 4.79 Å². The Morgan fingerprint density at radius 1 is 1.29 bits per heavy atom. The van der Waals surface area contributed by atoms with E-state index in [2.05, 4.69) is 24.5 Å². The van der Waals surface area contributed by atoms with E-state index in [4.69, 9.17) is 11.6 Å². The summed E-state index contributed by atoms with van der Waals surface area (Å²) in [6, 6.07) is 5.99. The lowest BCUT2D eigenvalue weighted by Gasteiger charge is -2.32. The van der Waals surface area contributed by atoms with Crippen molar-refractivity contribution in [2.45, 2.75) is 46.1 Å². The number of hydrogen-bond donors (Lipinski definition) is 2. The zero-order chi connectivity index (χ0) is 15.4. The van der Waals surface area contributed by atoms with Crippen LogP contribution in [0.4, 0.5) is 5.69 Å². The molecule has 1 aliphatic rings. The maximum Gasteiger partial charge on any atom is 0.238 e. The minimum absolute atomic E-state index is 0.00774. The molecule has 0 saturated heterocycles. The lowest BCUT2D eigenvalue weighted by Crippen LogP contribution is -2.40. The summed E-state index contributed by atoms with van der Waals surface area (Å²) in [5, 5.41) is 6.94. The molecular formula is C17H25ClN2O. The summed E-state index contributed by atoms with van der Waals surface area (Å²) in [7, 11) is 0. The van der Waals surface area contributed by atoms with E-state index < -0.39 is 0 Å². The summed E-state index contributed by atoms with van der Waals surface area (Å²) >= 11 is 5.96. The van der Waals surface area contributed by atoms with Gasteiger partial charge in [-0.15, -0.1) is 0 Å². The molecule has 1 aliphatic carbocycles. The van der Waals surface area contributed by atoms with Crippen LogP contribution in [0.25, 0.3) is 0 Å². The quantitative estimate of drug-likeness (QED) is 0.882. The molecule has 21 heavy (non-hydrogen) atoms. The van der Waals surface area contributed by atoms with Crippen molar-refractivity contribution >= 4 is 23.2 Å². The van der Waals surface area contributed by atoms with E-state index in [1.165, 1.54) is 6.42 Å². The lowest BCUT2D eigenvalue weighted by molar-refractivity contribution is -0.115. The highest BCUT2D eigenvalue weighted by Crippen LogP contribution is 2.29. The third kappa shape index (κ3) is 4.72. The Labute approximate surface area is 132 Å². The number of amides is 1. The zero-order valence-corrected chi connectivity index (χ0v) is 13.8. The van der Waals surface area contributed by atoms with E-state index >= 15 is 0 Å². The molecule has 0 aliphatic heterocycles. The fourth-order valence-corrected chi connectivity index (χ4v) is 3.07. The first-order chi connectivity index (χ1) is 9.95. The number of halogens is 1. The Kier molecular flexibility index (Phi) is 5.65. The van der Waals surface area contributed by atoms with Gasteiger partial charge in [-0.1, -0.05) is 31.5 Å². The van der Waals surface area contributed by atoms with Crippen LogP contribution in [0.5, 0.6) is 0 Å². The number of aryl methyl sites for hydroxylation is 1. The van der Waals surface area contributed by atoms with Crippen LogP contribution in [0.3, 0.4) is 0 Å². The highest BCUT2D eigenvalue weighted by atomic mass is 35.5. The maximum atomic E-state index is 12.0. The van der Waals surface area contributed by atoms with Gasteiger partial charge >= 0.3 is 0 Å². The van der Waals surface area contributed by atoms with Gasteiger partial charge < -0.3 is 10.6 Å². The van der Waals surface area contributed by atoms with Gasteiger partial charge in [-0.05, 0) is 55.7 Å². The topological polar surface area (TPSA) is 41.1 Å².